The van der Waals surface area contributed by atoms with Gasteiger partial charge in [-0.1, -0.05) is 0 Å². The number of rotatable bonds is 3. The molecule has 0 amide bonds. The first-order valence-corrected chi connectivity index (χ1v) is 6.22. The maximum Gasteiger partial charge on any atom is 0.155 e. The van der Waals surface area contributed by atoms with Crippen molar-refractivity contribution in [3.05, 3.63) is 41.3 Å². The molecule has 3 heterocycles. The lowest BCUT2D eigenvalue weighted by Crippen LogP contribution is -2.02. The van der Waals surface area contributed by atoms with E-state index in [1.807, 2.05) is 30.0 Å². The third-order valence-electron chi connectivity index (χ3n) is 2.62. The Labute approximate surface area is 112 Å². The van der Waals surface area contributed by atoms with Gasteiger partial charge < -0.3 is 5.32 Å². The van der Waals surface area contributed by atoms with E-state index in [0.29, 0.717) is 6.54 Å². The van der Waals surface area contributed by atoms with Gasteiger partial charge in [-0.05, 0) is 15.9 Å². The zero-order valence-corrected chi connectivity index (χ0v) is 11.3. The number of aromatic nitrogens is 5. The molecule has 0 bridgehead atoms. The predicted molar refractivity (Wildman–Crippen MR) is 71.2 cm³/mol. The smallest absolute Gasteiger partial charge is 0.155 e. The fourth-order valence-corrected chi connectivity index (χ4v) is 2.06. The highest BCUT2D eigenvalue weighted by molar-refractivity contribution is 9.10. The minimum absolute atomic E-state index is 0.684. The van der Waals surface area contributed by atoms with Gasteiger partial charge in [-0.3, -0.25) is 9.08 Å². The van der Waals surface area contributed by atoms with Crippen molar-refractivity contribution < 1.29 is 0 Å². The highest BCUT2D eigenvalue weighted by Gasteiger charge is 2.04. The molecule has 0 aliphatic carbocycles. The minimum atomic E-state index is 0.684. The molecule has 0 aliphatic heterocycles. The Morgan fingerprint density at radius 3 is 2.89 bits per heavy atom. The van der Waals surface area contributed by atoms with Crippen molar-refractivity contribution in [2.75, 3.05) is 5.32 Å². The third-order valence-corrected chi connectivity index (χ3v) is 3.03. The summed E-state index contributed by atoms with van der Waals surface area (Å²) >= 11 is 3.36. The molecule has 0 spiro atoms. The lowest BCUT2D eigenvalue weighted by Gasteiger charge is -2.03. The van der Waals surface area contributed by atoms with Crippen molar-refractivity contribution in [3.63, 3.8) is 0 Å². The molecule has 3 aromatic rings. The number of halogens is 1. The maximum absolute atomic E-state index is 4.30. The Hall–Kier alpha value is -1.89. The molecule has 3 aromatic heterocycles. The normalized spacial score (nSPS) is 11.0. The van der Waals surface area contributed by atoms with Crippen LogP contribution in [0.25, 0.3) is 5.65 Å². The van der Waals surface area contributed by atoms with Crippen molar-refractivity contribution in [2.45, 2.75) is 6.54 Å². The molecule has 0 unspecified atom stereocenters. The van der Waals surface area contributed by atoms with Gasteiger partial charge in [0, 0.05) is 19.4 Å². The number of anilines is 1. The van der Waals surface area contributed by atoms with Gasteiger partial charge in [0.05, 0.1) is 36.5 Å². The molecular formula is C11H11BrN6. The molecule has 0 aliphatic rings. The second-order valence-electron chi connectivity index (χ2n) is 3.94. The van der Waals surface area contributed by atoms with Crippen LogP contribution in [0.1, 0.15) is 5.69 Å². The van der Waals surface area contributed by atoms with Gasteiger partial charge in [0.2, 0.25) is 0 Å². The quantitative estimate of drug-likeness (QED) is 0.802. The lowest BCUT2D eigenvalue weighted by molar-refractivity contribution is 0.768. The van der Waals surface area contributed by atoms with Gasteiger partial charge in [-0.25, -0.2) is 9.97 Å². The molecule has 0 radical (unpaired) electrons. The van der Waals surface area contributed by atoms with Crippen molar-refractivity contribution in [1.82, 2.24) is 24.1 Å². The predicted octanol–water partition coefficient (Wildman–Crippen LogP) is 1.84. The summed E-state index contributed by atoms with van der Waals surface area (Å²) in [5.74, 6) is 0. The van der Waals surface area contributed by atoms with E-state index in [-0.39, 0.29) is 0 Å². The van der Waals surface area contributed by atoms with E-state index in [2.05, 4.69) is 36.3 Å². The van der Waals surface area contributed by atoms with Crippen LogP contribution in [-0.2, 0) is 13.6 Å². The average molecular weight is 307 g/mol. The van der Waals surface area contributed by atoms with Crippen LogP contribution in [0.2, 0.25) is 0 Å². The second-order valence-corrected chi connectivity index (χ2v) is 4.76. The Bertz CT molecular complexity index is 686. The fourth-order valence-electron chi connectivity index (χ4n) is 1.75. The number of nitrogens with one attached hydrogen (secondary N) is 1. The first kappa shape index (κ1) is 11.2. The average Bonchev–Trinajstić information content (AvgIpc) is 2.93. The summed E-state index contributed by atoms with van der Waals surface area (Å²) in [7, 11) is 1.89. The first-order valence-electron chi connectivity index (χ1n) is 5.42. The van der Waals surface area contributed by atoms with E-state index < -0.39 is 0 Å². The molecule has 0 aromatic carbocycles. The molecule has 7 heteroatoms. The van der Waals surface area contributed by atoms with Gasteiger partial charge >= 0.3 is 0 Å². The monoisotopic (exact) mass is 306 g/mol. The van der Waals surface area contributed by atoms with Crippen LogP contribution in [0, 0.1) is 0 Å². The number of nitrogens with zero attached hydrogens (tertiary/aromatic N) is 5. The minimum Gasteiger partial charge on any atom is -0.377 e. The van der Waals surface area contributed by atoms with Crippen LogP contribution in [-0.4, -0.2) is 24.1 Å². The van der Waals surface area contributed by atoms with Crippen LogP contribution in [0.4, 0.5) is 5.69 Å². The molecule has 18 heavy (non-hydrogen) atoms. The van der Waals surface area contributed by atoms with Crippen molar-refractivity contribution in [2.24, 2.45) is 7.05 Å². The van der Waals surface area contributed by atoms with Crippen LogP contribution in [0.3, 0.4) is 0 Å². The summed E-state index contributed by atoms with van der Waals surface area (Å²) < 4.78 is 4.55. The van der Waals surface area contributed by atoms with Gasteiger partial charge in [0.25, 0.3) is 0 Å². The zero-order valence-electron chi connectivity index (χ0n) is 9.71. The van der Waals surface area contributed by atoms with E-state index >= 15 is 0 Å². The van der Waals surface area contributed by atoms with Gasteiger partial charge in [-0.2, -0.15) is 5.10 Å². The summed E-state index contributed by atoms with van der Waals surface area (Å²) in [5.41, 5.74) is 2.89. The number of hydrogen-bond acceptors (Lipinski definition) is 4. The van der Waals surface area contributed by atoms with Gasteiger partial charge in [-0.15, -0.1) is 0 Å². The highest BCUT2D eigenvalue weighted by atomic mass is 79.9. The summed E-state index contributed by atoms with van der Waals surface area (Å²) in [6.45, 7) is 0.684. The fraction of sp³-hybridized carbons (Fsp3) is 0.182. The summed E-state index contributed by atoms with van der Waals surface area (Å²) in [5, 5.41) is 7.41. The molecule has 92 valence electrons. The van der Waals surface area contributed by atoms with Crippen molar-refractivity contribution in [1.29, 1.82) is 0 Å². The Balaban J connectivity index is 1.84. The first-order chi connectivity index (χ1) is 8.72. The standard InChI is InChI=1S/C11H11BrN6/c1-17-6-8(2-16-17)13-3-9-4-15-11-5-14-10(12)7-18(9)11/h2,4-7,13H,3H2,1H3. The van der Waals surface area contributed by atoms with Crippen molar-refractivity contribution >= 4 is 27.3 Å². The molecule has 0 fully saturated rings. The highest BCUT2D eigenvalue weighted by Crippen LogP contribution is 2.12. The van der Waals surface area contributed by atoms with Crippen LogP contribution in [0.5, 0.6) is 0 Å². The number of aryl methyl sites for hydroxylation is 1. The molecular weight excluding hydrogens is 296 g/mol. The Morgan fingerprint density at radius 2 is 2.11 bits per heavy atom. The van der Waals surface area contributed by atoms with Crippen LogP contribution >= 0.6 is 15.9 Å². The summed E-state index contributed by atoms with van der Waals surface area (Å²) in [6.07, 6.45) is 9.20. The van der Waals surface area contributed by atoms with E-state index in [1.165, 1.54) is 0 Å². The van der Waals surface area contributed by atoms with Crippen molar-refractivity contribution in [3.8, 4) is 0 Å². The zero-order chi connectivity index (χ0) is 12.5. The molecule has 0 saturated heterocycles. The van der Waals surface area contributed by atoms with Gasteiger partial charge in [0.1, 0.15) is 4.60 Å². The molecule has 0 atom stereocenters. The second kappa shape index (κ2) is 4.41. The topological polar surface area (TPSA) is 60.0 Å². The Morgan fingerprint density at radius 1 is 1.22 bits per heavy atom. The number of imidazole rings is 1. The lowest BCUT2D eigenvalue weighted by atomic mass is 10.4. The van der Waals surface area contributed by atoms with Gasteiger partial charge in [0.15, 0.2) is 5.65 Å². The van der Waals surface area contributed by atoms with E-state index in [9.17, 15) is 0 Å². The summed E-state index contributed by atoms with van der Waals surface area (Å²) in [6, 6.07) is 0. The summed E-state index contributed by atoms with van der Waals surface area (Å²) in [4.78, 5) is 8.44. The number of fused-ring (bicyclic) bond motifs is 1. The van der Waals surface area contributed by atoms with Crippen LogP contribution < -0.4 is 5.32 Å². The molecule has 3 rings (SSSR count). The largest absolute Gasteiger partial charge is 0.377 e. The van der Waals surface area contributed by atoms with E-state index in [0.717, 1.165) is 21.6 Å². The van der Waals surface area contributed by atoms with E-state index in [1.54, 1.807) is 17.1 Å². The van der Waals surface area contributed by atoms with E-state index in [4.69, 9.17) is 0 Å². The Kier molecular flexibility index (Phi) is 2.75. The molecule has 6 nitrogen and oxygen atoms in total. The SMILES string of the molecule is Cn1cc(NCc2cnc3cnc(Br)cn23)cn1. The third kappa shape index (κ3) is 2.08. The molecule has 1 N–H and O–H groups in total. The molecule has 0 saturated carbocycles. The van der Waals surface area contributed by atoms with Crippen LogP contribution in [0.15, 0.2) is 35.6 Å². The maximum atomic E-state index is 4.30. The number of hydrogen-bond donors (Lipinski definition) is 1.